The van der Waals surface area contributed by atoms with Crippen LogP contribution in [0.15, 0.2) is 54.0 Å². The molecule has 124 valence electrons. The lowest BCUT2D eigenvalue weighted by Crippen LogP contribution is -2.12. The van der Waals surface area contributed by atoms with Gasteiger partial charge in [-0.1, -0.05) is 29.8 Å². The van der Waals surface area contributed by atoms with Crippen molar-refractivity contribution < 1.29 is 4.79 Å². The fourth-order valence-electron chi connectivity index (χ4n) is 2.50. The predicted octanol–water partition coefficient (Wildman–Crippen LogP) is 4.67. The van der Waals surface area contributed by atoms with Gasteiger partial charge < -0.3 is 4.40 Å². The third kappa shape index (κ3) is 3.14. The number of thiazole rings is 1. The van der Waals surface area contributed by atoms with Crippen LogP contribution in [0.5, 0.6) is 0 Å². The highest BCUT2D eigenvalue weighted by atomic mass is 35.5. The van der Waals surface area contributed by atoms with E-state index in [0.29, 0.717) is 15.8 Å². The van der Waals surface area contributed by atoms with Crippen molar-refractivity contribution >= 4 is 39.6 Å². The van der Waals surface area contributed by atoms with Crippen LogP contribution in [0.3, 0.4) is 0 Å². The van der Waals surface area contributed by atoms with Gasteiger partial charge in [0.1, 0.15) is 11.3 Å². The fourth-order valence-corrected chi connectivity index (χ4v) is 3.34. The molecule has 3 heterocycles. The molecule has 0 aliphatic carbocycles. The molecule has 0 bridgehead atoms. The molecule has 0 radical (unpaired) electrons. The molecule has 1 amide bonds. The Kier molecular flexibility index (Phi) is 3.99. The Balaban J connectivity index is 1.56. The number of imidazole rings is 1. The molecular weight excluding hydrogens is 356 g/mol. The van der Waals surface area contributed by atoms with Gasteiger partial charge in [-0.05, 0) is 31.2 Å². The lowest BCUT2D eigenvalue weighted by atomic mass is 10.2. The first-order valence-electron chi connectivity index (χ1n) is 7.58. The molecule has 0 atom stereocenters. The molecule has 0 saturated carbocycles. The minimum Gasteiger partial charge on any atom is -0.304 e. The summed E-state index contributed by atoms with van der Waals surface area (Å²) in [6, 6.07) is 13.2. The van der Waals surface area contributed by atoms with E-state index in [1.54, 1.807) is 6.20 Å². The molecule has 0 aliphatic rings. The number of hydrogen-bond acceptors (Lipinski definition) is 4. The summed E-state index contributed by atoms with van der Waals surface area (Å²) in [4.78, 5) is 21.3. The van der Waals surface area contributed by atoms with Crippen LogP contribution >= 0.6 is 22.9 Å². The van der Waals surface area contributed by atoms with E-state index >= 15 is 0 Å². The molecule has 4 rings (SSSR count). The first kappa shape index (κ1) is 15.8. The number of carbonyl (C=O) groups is 1. The van der Waals surface area contributed by atoms with E-state index in [1.807, 2.05) is 59.2 Å². The number of rotatable bonds is 3. The van der Waals surface area contributed by atoms with Gasteiger partial charge in [-0.3, -0.25) is 10.1 Å². The predicted molar refractivity (Wildman–Crippen MR) is 100 cm³/mol. The Morgan fingerprint density at radius 1 is 1.16 bits per heavy atom. The summed E-state index contributed by atoms with van der Waals surface area (Å²) in [6.07, 6.45) is 1.73. The number of fused-ring (bicyclic) bond motifs is 1. The highest BCUT2D eigenvalue weighted by Gasteiger charge is 2.14. The average molecular weight is 369 g/mol. The fraction of sp³-hybridized carbons (Fsp3) is 0.0556. The molecule has 1 N–H and O–H groups in total. The Morgan fingerprint density at radius 2 is 1.96 bits per heavy atom. The molecule has 7 heteroatoms. The smallest absolute Gasteiger partial charge is 0.277 e. The van der Waals surface area contributed by atoms with Crippen molar-refractivity contribution in [1.82, 2.24) is 14.4 Å². The van der Waals surface area contributed by atoms with Crippen LogP contribution in [-0.4, -0.2) is 20.3 Å². The van der Waals surface area contributed by atoms with Crippen LogP contribution in [0.25, 0.3) is 16.9 Å². The summed E-state index contributed by atoms with van der Waals surface area (Å²) in [5.41, 5.74) is 3.86. The topological polar surface area (TPSA) is 59.3 Å². The van der Waals surface area contributed by atoms with Crippen LogP contribution in [-0.2, 0) is 0 Å². The Labute approximate surface area is 152 Å². The van der Waals surface area contributed by atoms with E-state index in [2.05, 4.69) is 15.3 Å². The lowest BCUT2D eigenvalue weighted by molar-refractivity contribution is 0.102. The maximum Gasteiger partial charge on any atom is 0.277 e. The summed E-state index contributed by atoms with van der Waals surface area (Å²) >= 11 is 7.27. The molecule has 5 nitrogen and oxygen atoms in total. The van der Waals surface area contributed by atoms with Crippen LogP contribution in [0.1, 0.15) is 16.2 Å². The third-order valence-corrected chi connectivity index (χ3v) is 4.80. The Bertz CT molecular complexity index is 1070. The van der Waals surface area contributed by atoms with Gasteiger partial charge in [-0.15, -0.1) is 11.3 Å². The molecule has 3 aromatic heterocycles. The molecule has 0 aliphatic heterocycles. The number of halogens is 1. The standard InChI is InChI=1S/C18H13ClN4OS/c1-11-3-2-4-16-20-14(9-23(11)16)17(24)22-18-21-15(10-25-18)12-5-7-13(19)8-6-12/h2-10H,1H3,(H,21,22,24). The molecule has 0 spiro atoms. The first-order chi connectivity index (χ1) is 12.1. The van der Waals surface area contributed by atoms with Crippen LogP contribution in [0, 0.1) is 6.92 Å². The van der Waals surface area contributed by atoms with Gasteiger partial charge in [0.05, 0.1) is 5.69 Å². The third-order valence-electron chi connectivity index (χ3n) is 3.79. The number of nitrogens with one attached hydrogen (secondary N) is 1. The molecule has 1 aromatic carbocycles. The number of nitrogens with zero attached hydrogens (tertiary/aromatic N) is 3. The number of benzene rings is 1. The molecule has 4 aromatic rings. The zero-order valence-corrected chi connectivity index (χ0v) is 14.8. The quantitative estimate of drug-likeness (QED) is 0.571. The van der Waals surface area contributed by atoms with Crippen molar-refractivity contribution in [2.45, 2.75) is 6.92 Å². The van der Waals surface area contributed by atoms with Crippen molar-refractivity contribution in [2.75, 3.05) is 5.32 Å². The van der Waals surface area contributed by atoms with Crippen LogP contribution in [0.2, 0.25) is 5.02 Å². The maximum atomic E-state index is 12.4. The molecule has 25 heavy (non-hydrogen) atoms. The van der Waals surface area contributed by atoms with E-state index < -0.39 is 0 Å². The summed E-state index contributed by atoms with van der Waals surface area (Å²) in [5.74, 6) is -0.278. The van der Waals surface area contributed by atoms with Crippen molar-refractivity contribution in [1.29, 1.82) is 0 Å². The molecule has 0 fully saturated rings. The van der Waals surface area contributed by atoms with Crippen molar-refractivity contribution in [2.24, 2.45) is 0 Å². The van der Waals surface area contributed by atoms with E-state index in [9.17, 15) is 4.79 Å². The number of amides is 1. The second-order valence-corrected chi connectivity index (χ2v) is 6.81. The average Bonchev–Trinajstić information content (AvgIpc) is 3.23. The largest absolute Gasteiger partial charge is 0.304 e. The van der Waals surface area contributed by atoms with Crippen molar-refractivity contribution in [3.8, 4) is 11.3 Å². The second-order valence-electron chi connectivity index (χ2n) is 5.52. The summed E-state index contributed by atoms with van der Waals surface area (Å²) < 4.78 is 1.88. The van der Waals surface area contributed by atoms with Crippen molar-refractivity contribution in [3.05, 3.63) is 70.5 Å². The van der Waals surface area contributed by atoms with E-state index in [0.717, 1.165) is 22.6 Å². The van der Waals surface area contributed by atoms with Gasteiger partial charge in [0.15, 0.2) is 5.13 Å². The zero-order valence-electron chi connectivity index (χ0n) is 13.2. The lowest BCUT2D eigenvalue weighted by Gasteiger charge is -1.98. The number of anilines is 1. The molecule has 0 saturated heterocycles. The summed E-state index contributed by atoms with van der Waals surface area (Å²) in [6.45, 7) is 1.97. The van der Waals surface area contributed by atoms with E-state index in [-0.39, 0.29) is 5.91 Å². The van der Waals surface area contributed by atoms with E-state index in [1.165, 1.54) is 11.3 Å². The minimum atomic E-state index is -0.278. The molecular formula is C18H13ClN4OS. The summed E-state index contributed by atoms with van der Waals surface area (Å²) in [7, 11) is 0. The van der Waals surface area contributed by atoms with Gasteiger partial charge in [0, 0.05) is 27.9 Å². The number of hydrogen-bond donors (Lipinski definition) is 1. The van der Waals surface area contributed by atoms with Gasteiger partial charge in [-0.25, -0.2) is 9.97 Å². The van der Waals surface area contributed by atoms with Gasteiger partial charge in [0.2, 0.25) is 0 Å². The first-order valence-corrected chi connectivity index (χ1v) is 8.83. The monoisotopic (exact) mass is 368 g/mol. The highest BCUT2D eigenvalue weighted by Crippen LogP contribution is 2.26. The van der Waals surface area contributed by atoms with Crippen molar-refractivity contribution in [3.63, 3.8) is 0 Å². The Morgan fingerprint density at radius 3 is 2.72 bits per heavy atom. The normalized spacial score (nSPS) is 11.0. The van der Waals surface area contributed by atoms with Gasteiger partial charge >= 0.3 is 0 Å². The highest BCUT2D eigenvalue weighted by molar-refractivity contribution is 7.14. The van der Waals surface area contributed by atoms with Crippen LogP contribution < -0.4 is 5.32 Å². The second kappa shape index (κ2) is 6.31. The summed E-state index contributed by atoms with van der Waals surface area (Å²) in [5, 5.41) is 5.91. The number of pyridine rings is 1. The van der Waals surface area contributed by atoms with Crippen LogP contribution in [0.4, 0.5) is 5.13 Å². The Hall–Kier alpha value is -2.70. The van der Waals surface area contributed by atoms with Gasteiger partial charge in [-0.2, -0.15) is 0 Å². The molecule has 0 unspecified atom stereocenters. The number of aromatic nitrogens is 3. The SMILES string of the molecule is Cc1cccc2nc(C(=O)Nc3nc(-c4ccc(Cl)cc4)cs3)cn12. The zero-order chi connectivity index (χ0) is 17.4. The van der Waals surface area contributed by atoms with E-state index in [4.69, 9.17) is 11.6 Å². The number of carbonyl (C=O) groups excluding carboxylic acids is 1. The number of aryl methyl sites for hydroxylation is 1. The van der Waals surface area contributed by atoms with Gasteiger partial charge in [0.25, 0.3) is 5.91 Å². The maximum absolute atomic E-state index is 12.4. The minimum absolute atomic E-state index is 0.278.